The molecule has 2 bridgehead atoms. The SMILES string of the molecule is C=CCN(C(=O)C1N(CCCCO)C(=O)[C@@H]2[C@@H](C(=O)OCC)[C@]3(C)OC12CC3C)c1cc(C)ccc1C. The number of aliphatic hydroxyl groups excluding tert-OH is 1. The standard InChI is InChI=1S/C29H40N2O6/c1-7-13-30(21-16-18(3)11-12-19(21)4)26(34)24-29-17-20(5)28(6,37-29)23(27(35)36-8-2)22(29)25(33)31(24)14-9-10-15-32/h7,11-12,16,20,22-24,32H,1,8-10,13-15,17H2,2-6H3/t20?,22-,23-,24?,28+,29?/m0/s1. The van der Waals surface area contributed by atoms with E-state index in [0.29, 0.717) is 25.8 Å². The monoisotopic (exact) mass is 512 g/mol. The van der Waals surface area contributed by atoms with Crippen LogP contribution in [0.4, 0.5) is 5.69 Å². The molecule has 4 rings (SSSR count). The maximum atomic E-state index is 14.6. The van der Waals surface area contributed by atoms with E-state index in [-0.39, 0.29) is 37.5 Å². The summed E-state index contributed by atoms with van der Waals surface area (Å²) in [6.07, 6.45) is 3.22. The molecule has 3 fully saturated rings. The number of aliphatic hydroxyl groups is 1. The lowest BCUT2D eigenvalue weighted by Gasteiger charge is -2.37. The van der Waals surface area contributed by atoms with Gasteiger partial charge in [0.25, 0.3) is 5.91 Å². The molecular formula is C29H40N2O6. The molecule has 3 aliphatic heterocycles. The Morgan fingerprint density at radius 2 is 2.05 bits per heavy atom. The minimum atomic E-state index is -1.13. The van der Waals surface area contributed by atoms with Crippen LogP contribution in [0.5, 0.6) is 0 Å². The van der Waals surface area contributed by atoms with E-state index in [1.54, 1.807) is 22.8 Å². The summed E-state index contributed by atoms with van der Waals surface area (Å²) in [5.41, 5.74) is 0.692. The van der Waals surface area contributed by atoms with Gasteiger partial charge in [0.15, 0.2) is 0 Å². The number of unbranched alkanes of at least 4 members (excludes halogenated alkanes) is 1. The number of benzene rings is 1. The topological polar surface area (TPSA) is 96.4 Å². The molecule has 0 aromatic heterocycles. The Morgan fingerprint density at radius 1 is 1.32 bits per heavy atom. The molecule has 3 aliphatic rings. The van der Waals surface area contributed by atoms with E-state index in [1.807, 2.05) is 45.9 Å². The summed E-state index contributed by atoms with van der Waals surface area (Å²) in [4.78, 5) is 45.2. The molecule has 2 amide bonds. The Morgan fingerprint density at radius 3 is 2.70 bits per heavy atom. The first-order valence-electron chi connectivity index (χ1n) is 13.3. The maximum Gasteiger partial charge on any atom is 0.312 e. The number of carbonyl (C=O) groups excluding carboxylic acids is 3. The molecule has 8 heteroatoms. The Bertz CT molecular complexity index is 1090. The van der Waals surface area contributed by atoms with Gasteiger partial charge >= 0.3 is 5.97 Å². The zero-order valence-corrected chi connectivity index (χ0v) is 22.7. The summed E-state index contributed by atoms with van der Waals surface area (Å²) < 4.78 is 12.2. The molecule has 0 radical (unpaired) electrons. The molecule has 1 spiro atoms. The highest BCUT2D eigenvalue weighted by Crippen LogP contribution is 2.65. The highest BCUT2D eigenvalue weighted by atomic mass is 16.6. The summed E-state index contributed by atoms with van der Waals surface area (Å²) in [7, 11) is 0. The van der Waals surface area contributed by atoms with Gasteiger partial charge in [0, 0.05) is 25.4 Å². The molecular weight excluding hydrogens is 472 g/mol. The highest BCUT2D eigenvalue weighted by molar-refractivity contribution is 6.05. The van der Waals surface area contributed by atoms with E-state index in [1.165, 1.54) is 0 Å². The van der Waals surface area contributed by atoms with Crippen LogP contribution in [0.2, 0.25) is 0 Å². The second kappa shape index (κ2) is 10.2. The number of carbonyl (C=O) groups is 3. The molecule has 3 unspecified atom stereocenters. The number of hydrogen-bond donors (Lipinski definition) is 1. The molecule has 3 saturated heterocycles. The minimum Gasteiger partial charge on any atom is -0.466 e. The van der Waals surface area contributed by atoms with E-state index < -0.39 is 35.0 Å². The maximum absolute atomic E-state index is 14.6. The van der Waals surface area contributed by atoms with Crippen LogP contribution in [-0.2, 0) is 23.9 Å². The number of hydrogen-bond acceptors (Lipinski definition) is 6. The molecule has 1 N–H and O–H groups in total. The first kappa shape index (κ1) is 27.3. The Labute approximate surface area is 219 Å². The largest absolute Gasteiger partial charge is 0.466 e. The van der Waals surface area contributed by atoms with Gasteiger partial charge in [0.05, 0.1) is 18.1 Å². The lowest BCUT2D eigenvalue weighted by atomic mass is 9.62. The van der Waals surface area contributed by atoms with Crippen LogP contribution in [0.15, 0.2) is 30.9 Å². The Hall–Kier alpha value is -2.71. The summed E-state index contributed by atoms with van der Waals surface area (Å²) in [5.74, 6) is -2.56. The van der Waals surface area contributed by atoms with Gasteiger partial charge in [-0.1, -0.05) is 25.1 Å². The minimum absolute atomic E-state index is 0.00263. The fourth-order valence-electron chi connectivity index (χ4n) is 6.84. The van der Waals surface area contributed by atoms with Crippen LogP contribution >= 0.6 is 0 Å². The highest BCUT2D eigenvalue weighted by Gasteiger charge is 2.80. The van der Waals surface area contributed by atoms with Crippen molar-refractivity contribution >= 4 is 23.5 Å². The van der Waals surface area contributed by atoms with Crippen molar-refractivity contribution in [2.45, 2.75) is 71.1 Å². The van der Waals surface area contributed by atoms with Gasteiger partial charge in [-0.2, -0.15) is 0 Å². The second-order valence-electron chi connectivity index (χ2n) is 10.9. The van der Waals surface area contributed by atoms with Crippen molar-refractivity contribution in [2.24, 2.45) is 17.8 Å². The van der Waals surface area contributed by atoms with Gasteiger partial charge in [0.1, 0.15) is 17.6 Å². The lowest BCUT2D eigenvalue weighted by Crippen LogP contribution is -2.57. The average molecular weight is 513 g/mol. The van der Waals surface area contributed by atoms with Crippen molar-refractivity contribution in [3.05, 3.63) is 42.0 Å². The quantitative estimate of drug-likeness (QED) is 0.294. The van der Waals surface area contributed by atoms with E-state index in [2.05, 4.69) is 6.58 Å². The molecule has 0 aliphatic carbocycles. The lowest BCUT2D eigenvalue weighted by molar-refractivity contribution is -0.161. The first-order valence-corrected chi connectivity index (χ1v) is 13.3. The number of amides is 2. The number of aryl methyl sites for hydroxylation is 2. The van der Waals surface area contributed by atoms with Crippen LogP contribution in [0, 0.1) is 31.6 Å². The van der Waals surface area contributed by atoms with E-state index in [0.717, 1.165) is 16.8 Å². The molecule has 6 atom stereocenters. The van der Waals surface area contributed by atoms with E-state index in [9.17, 15) is 19.5 Å². The third-order valence-corrected chi connectivity index (χ3v) is 8.63. The number of rotatable bonds is 10. The van der Waals surface area contributed by atoms with E-state index in [4.69, 9.17) is 9.47 Å². The molecule has 0 saturated carbocycles. The van der Waals surface area contributed by atoms with Crippen molar-refractivity contribution in [3.63, 3.8) is 0 Å². The summed E-state index contributed by atoms with van der Waals surface area (Å²) in [6.45, 7) is 14.2. The molecule has 3 heterocycles. The van der Waals surface area contributed by atoms with Crippen LogP contribution in [0.3, 0.4) is 0 Å². The van der Waals surface area contributed by atoms with Gasteiger partial charge in [-0.05, 0) is 70.1 Å². The number of nitrogens with zero attached hydrogens (tertiary/aromatic N) is 2. The van der Waals surface area contributed by atoms with Crippen molar-refractivity contribution < 1.29 is 29.0 Å². The zero-order valence-electron chi connectivity index (χ0n) is 22.7. The normalized spacial score (nSPS) is 31.9. The molecule has 8 nitrogen and oxygen atoms in total. The van der Waals surface area contributed by atoms with Crippen molar-refractivity contribution in [1.29, 1.82) is 0 Å². The number of fused-ring (bicyclic) bond motifs is 1. The van der Waals surface area contributed by atoms with Crippen molar-refractivity contribution in [3.8, 4) is 0 Å². The van der Waals surface area contributed by atoms with Crippen LogP contribution in [0.25, 0.3) is 0 Å². The van der Waals surface area contributed by atoms with Gasteiger partial charge in [-0.3, -0.25) is 14.4 Å². The average Bonchev–Trinajstić information content (AvgIpc) is 3.36. The fraction of sp³-hybridized carbons (Fsp3) is 0.621. The Kier molecular flexibility index (Phi) is 7.55. The predicted molar refractivity (Wildman–Crippen MR) is 140 cm³/mol. The number of ether oxygens (including phenoxy) is 2. The third-order valence-electron chi connectivity index (χ3n) is 8.63. The van der Waals surface area contributed by atoms with Crippen molar-refractivity contribution in [2.75, 3.05) is 31.2 Å². The van der Waals surface area contributed by atoms with Gasteiger partial charge in [0.2, 0.25) is 5.91 Å². The van der Waals surface area contributed by atoms with Crippen molar-refractivity contribution in [1.82, 2.24) is 4.90 Å². The smallest absolute Gasteiger partial charge is 0.312 e. The third kappa shape index (κ3) is 4.18. The van der Waals surface area contributed by atoms with Crippen LogP contribution < -0.4 is 4.90 Å². The zero-order chi connectivity index (χ0) is 27.1. The van der Waals surface area contributed by atoms with Gasteiger partial charge in [-0.25, -0.2) is 0 Å². The number of likely N-dealkylation sites (tertiary alicyclic amines) is 1. The number of esters is 1. The summed E-state index contributed by atoms with van der Waals surface area (Å²) in [6, 6.07) is 5.05. The molecule has 1 aromatic rings. The van der Waals surface area contributed by atoms with Crippen LogP contribution in [-0.4, -0.2) is 71.3 Å². The van der Waals surface area contributed by atoms with Gasteiger partial charge < -0.3 is 24.4 Å². The molecule has 1 aromatic carbocycles. The summed E-state index contributed by atoms with van der Waals surface area (Å²) >= 11 is 0. The van der Waals surface area contributed by atoms with E-state index >= 15 is 0 Å². The van der Waals surface area contributed by atoms with Crippen LogP contribution in [0.1, 0.15) is 51.2 Å². The molecule has 202 valence electrons. The van der Waals surface area contributed by atoms with Gasteiger partial charge in [-0.15, -0.1) is 6.58 Å². The second-order valence-corrected chi connectivity index (χ2v) is 10.9. The first-order chi connectivity index (χ1) is 17.6. The predicted octanol–water partition coefficient (Wildman–Crippen LogP) is 3.17. The fourth-order valence-corrected chi connectivity index (χ4v) is 6.84. The summed E-state index contributed by atoms with van der Waals surface area (Å²) in [5, 5.41) is 9.38. The number of anilines is 1. The molecule has 37 heavy (non-hydrogen) atoms. The Balaban J connectivity index is 1.83.